The monoisotopic (exact) mass is 283 g/mol. The molecule has 0 saturated carbocycles. The normalized spacial score (nSPS) is 10.9. The fraction of sp³-hybridized carbons (Fsp3) is 0.417. The average molecular weight is 283 g/mol. The van der Waals surface area contributed by atoms with Gasteiger partial charge in [-0.25, -0.2) is 13.6 Å². The van der Waals surface area contributed by atoms with Gasteiger partial charge in [0.2, 0.25) is 10.0 Å². The first-order chi connectivity index (χ1) is 9.01. The average Bonchev–Trinajstić information content (AvgIpc) is 2.35. The summed E-state index contributed by atoms with van der Waals surface area (Å²) in [5, 5.41) is 16.4. The van der Waals surface area contributed by atoms with Gasteiger partial charge in [0.25, 0.3) is 0 Å². The zero-order valence-electron chi connectivity index (χ0n) is 10.5. The van der Waals surface area contributed by atoms with Gasteiger partial charge in [0.05, 0.1) is 5.75 Å². The summed E-state index contributed by atoms with van der Waals surface area (Å²) in [5.74, 6) is 0.621. The van der Waals surface area contributed by atoms with Gasteiger partial charge >= 0.3 is 0 Å². The van der Waals surface area contributed by atoms with E-state index in [0.29, 0.717) is 25.3 Å². The third-order valence-electron chi connectivity index (χ3n) is 2.31. The Morgan fingerprint density at radius 3 is 2.89 bits per heavy atom. The number of nitrogens with one attached hydrogen (secondary N) is 1. The Morgan fingerprint density at radius 2 is 2.21 bits per heavy atom. The summed E-state index contributed by atoms with van der Waals surface area (Å²) in [6.45, 7) is 1.19. The van der Waals surface area contributed by atoms with E-state index in [-0.39, 0.29) is 12.4 Å². The van der Waals surface area contributed by atoms with Crippen molar-refractivity contribution in [3.63, 3.8) is 0 Å². The lowest BCUT2D eigenvalue weighted by Crippen LogP contribution is -2.22. The number of primary sulfonamides is 1. The molecule has 0 radical (unpaired) electrons. The van der Waals surface area contributed by atoms with Crippen LogP contribution in [0.1, 0.15) is 12.0 Å². The number of rotatable bonds is 8. The van der Waals surface area contributed by atoms with Crippen LogP contribution in [0, 0.1) is 11.3 Å². The lowest BCUT2D eigenvalue weighted by Gasteiger charge is -2.07. The van der Waals surface area contributed by atoms with E-state index in [4.69, 9.17) is 15.1 Å². The second kappa shape index (κ2) is 7.74. The molecule has 6 nitrogen and oxygen atoms in total. The number of hydrogen-bond donors (Lipinski definition) is 2. The molecule has 0 saturated heterocycles. The van der Waals surface area contributed by atoms with Crippen LogP contribution >= 0.6 is 0 Å². The summed E-state index contributed by atoms with van der Waals surface area (Å²) < 4.78 is 26.6. The highest BCUT2D eigenvalue weighted by atomic mass is 32.2. The van der Waals surface area contributed by atoms with Crippen molar-refractivity contribution in [3.05, 3.63) is 29.8 Å². The molecule has 0 amide bonds. The van der Waals surface area contributed by atoms with Crippen LogP contribution in [0.15, 0.2) is 24.3 Å². The Morgan fingerprint density at radius 1 is 1.42 bits per heavy atom. The number of sulfonamides is 1. The molecule has 1 aromatic carbocycles. The van der Waals surface area contributed by atoms with Crippen molar-refractivity contribution in [2.24, 2.45) is 5.14 Å². The Bertz CT molecular complexity index is 537. The summed E-state index contributed by atoms with van der Waals surface area (Å²) in [4.78, 5) is 0. The van der Waals surface area contributed by atoms with Gasteiger partial charge in [-0.1, -0.05) is 12.1 Å². The van der Waals surface area contributed by atoms with E-state index >= 15 is 0 Å². The highest BCUT2D eigenvalue weighted by Crippen LogP contribution is 2.12. The van der Waals surface area contributed by atoms with Gasteiger partial charge in [0, 0.05) is 6.54 Å². The van der Waals surface area contributed by atoms with Crippen molar-refractivity contribution in [2.75, 3.05) is 18.9 Å². The standard InChI is InChI=1S/C12H17N3O3S/c13-5-7-18-12-4-1-3-11(9-12)10-15-6-2-8-19(14,16)17/h1,3-4,9,15H,2,6-8,10H2,(H2,14,16,17). The second-order valence-electron chi connectivity index (χ2n) is 3.99. The third-order valence-corrected chi connectivity index (χ3v) is 3.17. The lowest BCUT2D eigenvalue weighted by molar-refractivity contribution is 0.367. The van der Waals surface area contributed by atoms with Crippen LogP contribution in [0.5, 0.6) is 5.75 Å². The van der Waals surface area contributed by atoms with Crippen LogP contribution in [0.3, 0.4) is 0 Å². The number of nitrogens with zero attached hydrogens (tertiary/aromatic N) is 1. The minimum atomic E-state index is -3.38. The maximum Gasteiger partial charge on any atom is 0.209 e. The second-order valence-corrected chi connectivity index (χ2v) is 5.73. The van der Waals surface area contributed by atoms with Crippen molar-refractivity contribution in [1.82, 2.24) is 5.32 Å². The highest BCUT2D eigenvalue weighted by molar-refractivity contribution is 7.89. The van der Waals surface area contributed by atoms with Gasteiger partial charge in [0.15, 0.2) is 6.61 Å². The van der Waals surface area contributed by atoms with E-state index in [1.54, 1.807) is 6.07 Å². The van der Waals surface area contributed by atoms with Crippen LogP contribution in [0.25, 0.3) is 0 Å². The van der Waals surface area contributed by atoms with E-state index in [2.05, 4.69) is 5.32 Å². The van der Waals surface area contributed by atoms with Crippen molar-refractivity contribution in [1.29, 1.82) is 5.26 Å². The highest BCUT2D eigenvalue weighted by Gasteiger charge is 2.01. The first-order valence-corrected chi connectivity index (χ1v) is 7.53. The quantitative estimate of drug-likeness (QED) is 0.670. The van der Waals surface area contributed by atoms with Crippen molar-refractivity contribution < 1.29 is 13.2 Å². The van der Waals surface area contributed by atoms with Crippen molar-refractivity contribution in [2.45, 2.75) is 13.0 Å². The van der Waals surface area contributed by atoms with Crippen LogP contribution in [0.2, 0.25) is 0 Å². The summed E-state index contributed by atoms with van der Waals surface area (Å²) in [6.07, 6.45) is 0.476. The zero-order valence-corrected chi connectivity index (χ0v) is 11.3. The predicted molar refractivity (Wildman–Crippen MR) is 71.8 cm³/mol. The molecule has 104 valence electrons. The van der Waals surface area contributed by atoms with Crippen LogP contribution in [-0.4, -0.2) is 27.3 Å². The largest absolute Gasteiger partial charge is 0.479 e. The molecular formula is C12H17N3O3S. The first-order valence-electron chi connectivity index (χ1n) is 5.81. The molecule has 1 aromatic rings. The topological polar surface area (TPSA) is 105 Å². The lowest BCUT2D eigenvalue weighted by atomic mass is 10.2. The Balaban J connectivity index is 2.31. The van der Waals surface area contributed by atoms with Crippen LogP contribution < -0.4 is 15.2 Å². The van der Waals surface area contributed by atoms with Crippen LogP contribution in [0.4, 0.5) is 0 Å². The van der Waals surface area contributed by atoms with Gasteiger partial charge in [-0.05, 0) is 30.7 Å². The van der Waals surface area contributed by atoms with Gasteiger partial charge < -0.3 is 10.1 Å². The van der Waals surface area contributed by atoms with E-state index in [1.807, 2.05) is 24.3 Å². The minimum Gasteiger partial charge on any atom is -0.479 e. The molecule has 0 unspecified atom stereocenters. The number of nitriles is 1. The molecule has 0 aliphatic rings. The van der Waals surface area contributed by atoms with Gasteiger partial charge in [-0.3, -0.25) is 0 Å². The zero-order chi connectivity index (χ0) is 14.1. The maximum atomic E-state index is 10.7. The molecule has 3 N–H and O–H groups in total. The van der Waals surface area contributed by atoms with Gasteiger partial charge in [-0.15, -0.1) is 0 Å². The summed E-state index contributed by atoms with van der Waals surface area (Å²) in [6, 6.07) is 9.28. The molecule has 0 aliphatic carbocycles. The third kappa shape index (κ3) is 7.41. The number of benzene rings is 1. The molecular weight excluding hydrogens is 266 g/mol. The number of hydrogen-bond acceptors (Lipinski definition) is 5. The number of ether oxygens (including phenoxy) is 1. The van der Waals surface area contributed by atoms with E-state index in [0.717, 1.165) is 5.56 Å². The minimum absolute atomic E-state index is 0.0191. The number of nitrogens with two attached hydrogens (primary N) is 1. The maximum absolute atomic E-state index is 10.7. The molecule has 0 fully saturated rings. The molecule has 0 aliphatic heterocycles. The molecule has 19 heavy (non-hydrogen) atoms. The Kier molecular flexibility index (Phi) is 6.29. The van der Waals surface area contributed by atoms with E-state index in [1.165, 1.54) is 0 Å². The van der Waals surface area contributed by atoms with Crippen LogP contribution in [-0.2, 0) is 16.6 Å². The summed E-state index contributed by atoms with van der Waals surface area (Å²) in [5.41, 5.74) is 1.01. The Labute approximate surface area is 113 Å². The van der Waals surface area contributed by atoms with Gasteiger partial charge in [-0.2, -0.15) is 5.26 Å². The smallest absolute Gasteiger partial charge is 0.209 e. The van der Waals surface area contributed by atoms with Crippen molar-refractivity contribution >= 4 is 10.0 Å². The summed E-state index contributed by atoms with van der Waals surface area (Å²) in [7, 11) is -3.38. The fourth-order valence-corrected chi connectivity index (χ4v) is 2.04. The Hall–Kier alpha value is -1.62. The molecule has 0 atom stereocenters. The van der Waals surface area contributed by atoms with Crippen molar-refractivity contribution in [3.8, 4) is 11.8 Å². The molecule has 0 aromatic heterocycles. The molecule has 7 heteroatoms. The molecule has 0 bridgehead atoms. The molecule has 1 rings (SSSR count). The molecule has 0 spiro atoms. The fourth-order valence-electron chi connectivity index (χ4n) is 1.49. The SMILES string of the molecule is N#CCOc1cccc(CNCCCS(N)(=O)=O)c1. The van der Waals surface area contributed by atoms with E-state index in [9.17, 15) is 8.42 Å². The summed E-state index contributed by atoms with van der Waals surface area (Å²) >= 11 is 0. The van der Waals surface area contributed by atoms with E-state index < -0.39 is 10.0 Å². The molecule has 0 heterocycles. The first kappa shape index (κ1) is 15.4. The van der Waals surface area contributed by atoms with Gasteiger partial charge in [0.1, 0.15) is 11.8 Å². The predicted octanol–water partition coefficient (Wildman–Crippen LogP) is 0.357.